The zero-order valence-corrected chi connectivity index (χ0v) is 11.3. The van der Waals surface area contributed by atoms with Gasteiger partial charge in [0, 0.05) is 18.6 Å². The second-order valence-corrected chi connectivity index (χ2v) is 6.14. The van der Waals surface area contributed by atoms with Gasteiger partial charge in [-0.1, -0.05) is 31.2 Å². The lowest BCUT2D eigenvalue weighted by molar-refractivity contribution is 0.00821. The third-order valence-corrected chi connectivity index (χ3v) is 4.76. The first-order valence-electron chi connectivity index (χ1n) is 7.18. The monoisotopic (exact) mass is 245 g/mol. The molecular weight excluding hydrogens is 222 g/mol. The molecule has 2 heteroatoms. The fourth-order valence-corrected chi connectivity index (χ4v) is 3.64. The van der Waals surface area contributed by atoms with E-state index in [-0.39, 0.29) is 6.10 Å². The lowest BCUT2D eigenvalue weighted by atomic mass is 9.92. The van der Waals surface area contributed by atoms with Gasteiger partial charge in [0.05, 0.1) is 6.10 Å². The van der Waals surface area contributed by atoms with Gasteiger partial charge in [-0.25, -0.2) is 0 Å². The van der Waals surface area contributed by atoms with E-state index in [9.17, 15) is 5.11 Å². The molecular formula is C16H23NO. The largest absolute Gasteiger partial charge is 0.387 e. The molecule has 1 heterocycles. The summed E-state index contributed by atoms with van der Waals surface area (Å²) in [5.41, 5.74) is 2.48. The summed E-state index contributed by atoms with van der Waals surface area (Å²) in [5, 5.41) is 10.6. The van der Waals surface area contributed by atoms with Crippen LogP contribution >= 0.6 is 0 Å². The van der Waals surface area contributed by atoms with E-state index in [0.29, 0.717) is 12.1 Å². The zero-order chi connectivity index (χ0) is 12.7. The molecule has 2 nitrogen and oxygen atoms in total. The van der Waals surface area contributed by atoms with Crippen LogP contribution in [0.5, 0.6) is 0 Å². The molecule has 98 valence electrons. The number of hydrogen-bond acceptors (Lipinski definition) is 2. The Balaban J connectivity index is 1.83. The van der Waals surface area contributed by atoms with Gasteiger partial charge in [-0.15, -0.1) is 0 Å². The third-order valence-electron chi connectivity index (χ3n) is 4.76. The second-order valence-electron chi connectivity index (χ2n) is 6.14. The molecule has 1 fully saturated rings. The first kappa shape index (κ1) is 12.2. The lowest BCUT2D eigenvalue weighted by Gasteiger charge is -2.42. The Morgan fingerprint density at radius 1 is 1.17 bits per heavy atom. The quantitative estimate of drug-likeness (QED) is 0.822. The van der Waals surface area contributed by atoms with Crippen molar-refractivity contribution < 1.29 is 5.11 Å². The van der Waals surface area contributed by atoms with Crippen LogP contribution in [0.3, 0.4) is 0 Å². The van der Waals surface area contributed by atoms with Crippen LogP contribution in [-0.2, 0) is 6.42 Å². The number of nitrogens with zero attached hydrogens (tertiary/aromatic N) is 1. The minimum atomic E-state index is -0.297. The lowest BCUT2D eigenvalue weighted by Crippen LogP contribution is -2.49. The third kappa shape index (κ3) is 1.98. The van der Waals surface area contributed by atoms with Crippen LogP contribution in [0.15, 0.2) is 24.3 Å². The van der Waals surface area contributed by atoms with E-state index in [1.54, 1.807) is 0 Å². The molecule has 3 rings (SSSR count). The predicted molar refractivity (Wildman–Crippen MR) is 73.5 cm³/mol. The molecule has 4 atom stereocenters. The Kier molecular flexibility index (Phi) is 3.16. The molecule has 1 saturated heterocycles. The van der Waals surface area contributed by atoms with E-state index in [1.807, 2.05) is 6.07 Å². The predicted octanol–water partition coefficient (Wildman–Crippen LogP) is 2.77. The number of rotatable bonds is 1. The van der Waals surface area contributed by atoms with Gasteiger partial charge in [-0.2, -0.15) is 0 Å². The standard InChI is InChI=1S/C16H23NO/c1-11-7-8-12(2)17(10-11)15-9-13-5-3-4-6-14(13)16(15)18/h3-6,11-12,15-16,18H,7-10H2,1-2H3. The first-order valence-corrected chi connectivity index (χ1v) is 7.18. The summed E-state index contributed by atoms with van der Waals surface area (Å²) in [7, 11) is 0. The van der Waals surface area contributed by atoms with Crippen LogP contribution in [0, 0.1) is 5.92 Å². The van der Waals surface area contributed by atoms with E-state index in [0.717, 1.165) is 24.4 Å². The molecule has 0 radical (unpaired) electrons. The molecule has 18 heavy (non-hydrogen) atoms. The van der Waals surface area contributed by atoms with Crippen molar-refractivity contribution in [3.05, 3.63) is 35.4 Å². The van der Waals surface area contributed by atoms with Gasteiger partial charge in [0.1, 0.15) is 0 Å². The van der Waals surface area contributed by atoms with Gasteiger partial charge in [0.25, 0.3) is 0 Å². The summed E-state index contributed by atoms with van der Waals surface area (Å²) in [5.74, 6) is 0.761. The smallest absolute Gasteiger partial charge is 0.0951 e. The molecule has 2 aliphatic rings. The number of likely N-dealkylation sites (tertiary alicyclic amines) is 1. The normalized spacial score (nSPS) is 36.6. The number of fused-ring (bicyclic) bond motifs is 1. The van der Waals surface area contributed by atoms with Crippen molar-refractivity contribution in [3.8, 4) is 0 Å². The number of hydrogen-bond donors (Lipinski definition) is 1. The highest BCUT2D eigenvalue weighted by Gasteiger charge is 2.38. The SMILES string of the molecule is CC1CCC(C)N(C2Cc3ccccc3C2O)C1. The molecule has 0 spiro atoms. The molecule has 0 bridgehead atoms. The molecule has 4 unspecified atom stereocenters. The van der Waals surface area contributed by atoms with Gasteiger partial charge in [-0.05, 0) is 43.2 Å². The van der Waals surface area contributed by atoms with Crippen molar-refractivity contribution in [3.63, 3.8) is 0 Å². The summed E-state index contributed by atoms with van der Waals surface area (Å²) in [6.07, 6.45) is 3.30. The summed E-state index contributed by atoms with van der Waals surface area (Å²) in [4.78, 5) is 2.54. The number of benzene rings is 1. The molecule has 1 N–H and O–H groups in total. The van der Waals surface area contributed by atoms with E-state index >= 15 is 0 Å². The van der Waals surface area contributed by atoms with Crippen molar-refractivity contribution in [1.29, 1.82) is 0 Å². The Morgan fingerprint density at radius 3 is 2.72 bits per heavy atom. The molecule has 1 aliphatic carbocycles. The van der Waals surface area contributed by atoms with Crippen LogP contribution < -0.4 is 0 Å². The number of piperidine rings is 1. The van der Waals surface area contributed by atoms with E-state index < -0.39 is 0 Å². The molecule has 1 aliphatic heterocycles. The molecule has 0 saturated carbocycles. The zero-order valence-electron chi connectivity index (χ0n) is 11.3. The maximum atomic E-state index is 10.6. The summed E-state index contributed by atoms with van der Waals surface area (Å²) < 4.78 is 0. The Morgan fingerprint density at radius 2 is 1.94 bits per heavy atom. The van der Waals surface area contributed by atoms with Crippen LogP contribution in [0.1, 0.15) is 43.9 Å². The average Bonchev–Trinajstić information content (AvgIpc) is 2.71. The van der Waals surface area contributed by atoms with E-state index in [1.165, 1.54) is 18.4 Å². The van der Waals surface area contributed by atoms with Gasteiger partial charge in [0.2, 0.25) is 0 Å². The fraction of sp³-hybridized carbons (Fsp3) is 0.625. The summed E-state index contributed by atoms with van der Waals surface area (Å²) in [6.45, 7) is 5.77. The van der Waals surface area contributed by atoms with Gasteiger partial charge in [0.15, 0.2) is 0 Å². The number of aliphatic hydroxyl groups excluding tert-OH is 1. The van der Waals surface area contributed by atoms with Gasteiger partial charge >= 0.3 is 0 Å². The number of aliphatic hydroxyl groups is 1. The maximum Gasteiger partial charge on any atom is 0.0951 e. The molecule has 1 aromatic rings. The van der Waals surface area contributed by atoms with Crippen molar-refractivity contribution in [2.24, 2.45) is 5.92 Å². The summed E-state index contributed by atoms with van der Waals surface area (Å²) >= 11 is 0. The fourth-order valence-electron chi connectivity index (χ4n) is 3.64. The van der Waals surface area contributed by atoms with Crippen molar-refractivity contribution in [2.45, 2.75) is 51.3 Å². The van der Waals surface area contributed by atoms with Gasteiger partial charge in [-0.3, -0.25) is 4.90 Å². The van der Waals surface area contributed by atoms with Crippen molar-refractivity contribution in [2.75, 3.05) is 6.54 Å². The van der Waals surface area contributed by atoms with Crippen molar-refractivity contribution >= 4 is 0 Å². The highest BCUT2D eigenvalue weighted by atomic mass is 16.3. The van der Waals surface area contributed by atoms with Crippen LogP contribution in [0.4, 0.5) is 0 Å². The highest BCUT2D eigenvalue weighted by Crippen LogP contribution is 2.37. The topological polar surface area (TPSA) is 23.5 Å². The molecule has 0 aromatic heterocycles. The van der Waals surface area contributed by atoms with Gasteiger partial charge < -0.3 is 5.11 Å². The Bertz CT molecular complexity index is 431. The van der Waals surface area contributed by atoms with E-state index in [2.05, 4.69) is 36.9 Å². The van der Waals surface area contributed by atoms with Crippen LogP contribution in [-0.4, -0.2) is 28.6 Å². The first-order chi connectivity index (χ1) is 8.66. The summed E-state index contributed by atoms with van der Waals surface area (Å²) in [6, 6.07) is 9.26. The van der Waals surface area contributed by atoms with Crippen LogP contribution in [0.2, 0.25) is 0 Å². The van der Waals surface area contributed by atoms with E-state index in [4.69, 9.17) is 0 Å². The Hall–Kier alpha value is -0.860. The molecule has 1 aromatic carbocycles. The van der Waals surface area contributed by atoms with Crippen molar-refractivity contribution in [1.82, 2.24) is 4.90 Å². The average molecular weight is 245 g/mol. The molecule has 0 amide bonds. The minimum Gasteiger partial charge on any atom is -0.387 e. The minimum absolute atomic E-state index is 0.292. The second kappa shape index (κ2) is 4.67. The van der Waals surface area contributed by atoms with Crippen LogP contribution in [0.25, 0.3) is 0 Å². The Labute approximate surface area is 110 Å². The maximum absolute atomic E-state index is 10.6. The highest BCUT2D eigenvalue weighted by molar-refractivity contribution is 5.36.